The van der Waals surface area contributed by atoms with Crippen molar-refractivity contribution in [3.8, 4) is 0 Å². The van der Waals surface area contributed by atoms with Crippen LogP contribution >= 0.6 is 22.6 Å². The molecular weight excluding hydrogens is 465 g/mol. The Morgan fingerprint density at radius 1 is 0.964 bits per heavy atom. The number of amides is 2. The van der Waals surface area contributed by atoms with Gasteiger partial charge in [-0.25, -0.2) is 0 Å². The minimum Gasteiger partial charge on any atom is -0.340 e. The molecule has 4 rings (SSSR count). The molecule has 2 amide bonds. The first kappa shape index (κ1) is 19.4. The molecule has 0 N–H and O–H groups in total. The highest BCUT2D eigenvalue weighted by atomic mass is 127. The molecule has 0 radical (unpaired) electrons. The summed E-state index contributed by atoms with van der Waals surface area (Å²) in [7, 11) is 0. The largest absolute Gasteiger partial charge is 0.340 e. The lowest BCUT2D eigenvalue weighted by Gasteiger charge is -2.24. The van der Waals surface area contributed by atoms with Gasteiger partial charge in [-0.1, -0.05) is 30.3 Å². The SMILES string of the molecule is O=C(CN1Cc2ccccc2C1=O)N1CCCN(Cc2ccc(I)cc2)CC1. The monoisotopic (exact) mass is 489 g/mol. The second-order valence-electron chi connectivity index (χ2n) is 7.46. The fourth-order valence-electron chi connectivity index (χ4n) is 3.93. The van der Waals surface area contributed by atoms with Crippen LogP contribution in [0.4, 0.5) is 0 Å². The Kier molecular flexibility index (Phi) is 5.96. The summed E-state index contributed by atoms with van der Waals surface area (Å²) in [6, 6.07) is 16.2. The van der Waals surface area contributed by atoms with Crippen LogP contribution in [0.15, 0.2) is 48.5 Å². The predicted molar refractivity (Wildman–Crippen MR) is 117 cm³/mol. The van der Waals surface area contributed by atoms with Crippen LogP contribution in [0, 0.1) is 3.57 Å². The normalized spacial score (nSPS) is 17.5. The van der Waals surface area contributed by atoms with Crippen molar-refractivity contribution in [2.75, 3.05) is 32.7 Å². The number of hydrogen-bond acceptors (Lipinski definition) is 3. The van der Waals surface area contributed by atoms with Gasteiger partial charge < -0.3 is 9.80 Å². The van der Waals surface area contributed by atoms with E-state index in [9.17, 15) is 9.59 Å². The maximum absolute atomic E-state index is 12.8. The molecule has 146 valence electrons. The van der Waals surface area contributed by atoms with E-state index in [1.54, 1.807) is 4.90 Å². The van der Waals surface area contributed by atoms with Gasteiger partial charge in [-0.3, -0.25) is 14.5 Å². The molecule has 5 nitrogen and oxygen atoms in total. The topological polar surface area (TPSA) is 43.9 Å². The standard InChI is InChI=1S/C22H24IN3O2/c23-19-8-6-17(7-9-19)14-24-10-3-11-25(13-12-24)21(27)16-26-15-18-4-1-2-5-20(18)22(26)28/h1-2,4-9H,3,10-16H2. The number of halogens is 1. The lowest BCUT2D eigenvalue weighted by molar-refractivity contribution is -0.131. The first-order valence-corrected chi connectivity index (χ1v) is 10.8. The van der Waals surface area contributed by atoms with Crippen LogP contribution in [0.25, 0.3) is 0 Å². The highest BCUT2D eigenvalue weighted by Gasteiger charge is 2.30. The molecule has 2 aromatic rings. The Hall–Kier alpha value is -1.93. The lowest BCUT2D eigenvalue weighted by atomic mass is 10.1. The summed E-state index contributed by atoms with van der Waals surface area (Å²) in [5, 5.41) is 0. The average Bonchev–Trinajstić information content (AvgIpc) is 2.86. The number of fused-ring (bicyclic) bond motifs is 1. The summed E-state index contributed by atoms with van der Waals surface area (Å²) in [5.41, 5.74) is 3.05. The third kappa shape index (κ3) is 4.38. The Labute approximate surface area is 179 Å². The maximum atomic E-state index is 12.8. The van der Waals surface area contributed by atoms with Crippen molar-refractivity contribution in [1.29, 1.82) is 0 Å². The van der Waals surface area contributed by atoms with Crippen LogP contribution in [-0.2, 0) is 17.9 Å². The van der Waals surface area contributed by atoms with Gasteiger partial charge >= 0.3 is 0 Å². The molecule has 0 aromatic heterocycles. The summed E-state index contributed by atoms with van der Waals surface area (Å²) in [6.45, 7) is 4.96. The van der Waals surface area contributed by atoms with E-state index >= 15 is 0 Å². The van der Waals surface area contributed by atoms with Crippen molar-refractivity contribution in [1.82, 2.24) is 14.7 Å². The second kappa shape index (κ2) is 8.61. The molecule has 1 saturated heterocycles. The Morgan fingerprint density at radius 2 is 1.75 bits per heavy atom. The smallest absolute Gasteiger partial charge is 0.254 e. The molecule has 6 heteroatoms. The third-order valence-electron chi connectivity index (χ3n) is 5.48. The van der Waals surface area contributed by atoms with Crippen LogP contribution in [0.5, 0.6) is 0 Å². The highest BCUT2D eigenvalue weighted by Crippen LogP contribution is 2.22. The zero-order valence-electron chi connectivity index (χ0n) is 15.8. The molecule has 2 heterocycles. The van der Waals surface area contributed by atoms with Gasteiger partial charge in [-0.2, -0.15) is 0 Å². The third-order valence-corrected chi connectivity index (χ3v) is 6.20. The fraction of sp³-hybridized carbons (Fsp3) is 0.364. The Morgan fingerprint density at radius 3 is 2.54 bits per heavy atom. The van der Waals surface area contributed by atoms with Gasteiger partial charge in [0.05, 0.1) is 0 Å². The van der Waals surface area contributed by atoms with E-state index in [2.05, 4.69) is 51.8 Å². The van der Waals surface area contributed by atoms with E-state index in [1.807, 2.05) is 29.2 Å². The first-order valence-electron chi connectivity index (χ1n) is 9.72. The first-order chi connectivity index (χ1) is 13.6. The summed E-state index contributed by atoms with van der Waals surface area (Å²) >= 11 is 2.32. The number of hydrogen-bond donors (Lipinski definition) is 0. The van der Waals surface area contributed by atoms with E-state index < -0.39 is 0 Å². The minimum atomic E-state index is -0.0286. The van der Waals surface area contributed by atoms with Gasteiger partial charge in [0, 0.05) is 48.4 Å². The number of carbonyl (C=O) groups excluding carboxylic acids is 2. The quantitative estimate of drug-likeness (QED) is 0.621. The minimum absolute atomic E-state index is 0.0286. The molecule has 0 unspecified atom stereocenters. The van der Waals surface area contributed by atoms with Crippen LogP contribution in [0.3, 0.4) is 0 Å². The number of nitrogens with zero attached hydrogens (tertiary/aromatic N) is 3. The van der Waals surface area contributed by atoms with E-state index in [0.717, 1.165) is 50.3 Å². The average molecular weight is 489 g/mol. The zero-order chi connectivity index (χ0) is 19.5. The van der Waals surface area contributed by atoms with Crippen molar-refractivity contribution < 1.29 is 9.59 Å². The van der Waals surface area contributed by atoms with Gasteiger partial charge in [-0.15, -0.1) is 0 Å². The molecule has 2 aromatic carbocycles. The van der Waals surface area contributed by atoms with Crippen LogP contribution in [0.1, 0.15) is 27.9 Å². The summed E-state index contributed by atoms with van der Waals surface area (Å²) in [5.74, 6) is 0.0244. The molecular formula is C22H24IN3O2. The second-order valence-corrected chi connectivity index (χ2v) is 8.70. The van der Waals surface area contributed by atoms with Crippen LogP contribution in [-0.4, -0.2) is 59.2 Å². The molecule has 1 fully saturated rings. The Bertz CT molecular complexity index is 868. The Balaban J connectivity index is 1.31. The molecule has 0 saturated carbocycles. The summed E-state index contributed by atoms with van der Waals surface area (Å²) in [6.07, 6.45) is 0.963. The molecule has 0 aliphatic carbocycles. The number of rotatable bonds is 4. The van der Waals surface area contributed by atoms with Gasteiger partial charge in [0.1, 0.15) is 6.54 Å². The zero-order valence-corrected chi connectivity index (χ0v) is 18.0. The lowest BCUT2D eigenvalue weighted by Crippen LogP contribution is -2.42. The molecule has 2 aliphatic heterocycles. The highest BCUT2D eigenvalue weighted by molar-refractivity contribution is 14.1. The summed E-state index contributed by atoms with van der Waals surface area (Å²) in [4.78, 5) is 31.3. The number of benzene rings is 2. The van der Waals surface area contributed by atoms with Crippen molar-refractivity contribution in [2.24, 2.45) is 0 Å². The number of carbonyl (C=O) groups is 2. The predicted octanol–water partition coefficient (Wildman–Crippen LogP) is 2.98. The van der Waals surface area contributed by atoms with E-state index in [0.29, 0.717) is 6.54 Å². The van der Waals surface area contributed by atoms with Crippen LogP contribution in [0.2, 0.25) is 0 Å². The van der Waals surface area contributed by atoms with Crippen molar-refractivity contribution >= 4 is 34.4 Å². The van der Waals surface area contributed by atoms with E-state index in [1.165, 1.54) is 9.13 Å². The molecule has 0 bridgehead atoms. The fourth-order valence-corrected chi connectivity index (χ4v) is 4.29. The van der Waals surface area contributed by atoms with Crippen LogP contribution < -0.4 is 0 Å². The van der Waals surface area contributed by atoms with Crippen molar-refractivity contribution in [3.05, 3.63) is 68.8 Å². The van der Waals surface area contributed by atoms with Crippen molar-refractivity contribution in [2.45, 2.75) is 19.5 Å². The van der Waals surface area contributed by atoms with Crippen molar-refractivity contribution in [3.63, 3.8) is 0 Å². The maximum Gasteiger partial charge on any atom is 0.254 e. The summed E-state index contributed by atoms with van der Waals surface area (Å²) < 4.78 is 1.24. The van der Waals surface area contributed by atoms with Gasteiger partial charge in [0.25, 0.3) is 5.91 Å². The molecule has 0 spiro atoms. The van der Waals surface area contributed by atoms with Gasteiger partial charge in [0.15, 0.2) is 0 Å². The molecule has 2 aliphatic rings. The molecule has 0 atom stereocenters. The van der Waals surface area contributed by atoms with Gasteiger partial charge in [-0.05, 0) is 58.3 Å². The van der Waals surface area contributed by atoms with E-state index in [-0.39, 0.29) is 18.4 Å². The molecule has 28 heavy (non-hydrogen) atoms. The van der Waals surface area contributed by atoms with Gasteiger partial charge in [0.2, 0.25) is 5.91 Å². The van der Waals surface area contributed by atoms with E-state index in [4.69, 9.17) is 0 Å².